The van der Waals surface area contributed by atoms with Gasteiger partial charge in [0.15, 0.2) is 5.84 Å². The maximum Gasteiger partial charge on any atom is 0.400 e. The Morgan fingerprint density at radius 1 is 1.14 bits per heavy atom. The Kier molecular flexibility index (Phi) is 5.86. The fourth-order valence-electron chi connectivity index (χ4n) is 2.37. The summed E-state index contributed by atoms with van der Waals surface area (Å²) in [5, 5.41) is 4.28. The van der Waals surface area contributed by atoms with Gasteiger partial charge in [-0.1, -0.05) is 28.9 Å². The van der Waals surface area contributed by atoms with Crippen LogP contribution in [0.3, 0.4) is 0 Å². The summed E-state index contributed by atoms with van der Waals surface area (Å²) in [5.41, 5.74) is 13.6. The number of nitrogen functional groups attached to an aromatic ring is 1. The molecule has 1 heterocycles. The number of rotatable bonds is 6. The summed E-state index contributed by atoms with van der Waals surface area (Å²) in [6, 6.07) is 15.2. The average Bonchev–Trinajstić information content (AvgIpc) is 3.17. The van der Waals surface area contributed by atoms with Crippen LogP contribution in [-0.2, 0) is 11.4 Å². The molecule has 0 aliphatic carbocycles. The summed E-state index contributed by atoms with van der Waals surface area (Å²) in [5.74, 6) is 0.319. The van der Waals surface area contributed by atoms with E-state index in [1.165, 1.54) is 6.07 Å². The van der Waals surface area contributed by atoms with Crippen molar-refractivity contribution in [1.29, 1.82) is 0 Å². The largest absolute Gasteiger partial charge is 0.486 e. The Balaban J connectivity index is 1.60. The summed E-state index contributed by atoms with van der Waals surface area (Å²) in [7, 11) is 0. The monoisotopic (exact) mass is 399 g/mol. The van der Waals surface area contributed by atoms with Crippen LogP contribution < -0.4 is 16.2 Å². The first-order valence-corrected chi connectivity index (χ1v) is 8.69. The van der Waals surface area contributed by atoms with E-state index in [0.29, 0.717) is 27.8 Å². The average molecular weight is 400 g/mol. The van der Waals surface area contributed by atoms with Crippen molar-refractivity contribution in [3.63, 3.8) is 0 Å². The number of furan rings is 1. The normalized spacial score (nSPS) is 11.3. The van der Waals surface area contributed by atoms with Gasteiger partial charge in [-0.3, -0.25) is 0 Å². The van der Waals surface area contributed by atoms with Gasteiger partial charge in [-0.15, -0.1) is 0 Å². The van der Waals surface area contributed by atoms with Crippen molar-refractivity contribution < 1.29 is 18.8 Å². The number of halogens is 1. The SMILES string of the molecule is Cc1c(N)cccc1/C(N)=N/OC(=O)c1ccc(COc2ccc(Cl)cc2)o1. The summed E-state index contributed by atoms with van der Waals surface area (Å²) in [4.78, 5) is 17.0. The van der Waals surface area contributed by atoms with Gasteiger partial charge in [-0.05, 0) is 55.0 Å². The lowest BCUT2D eigenvalue weighted by Gasteiger charge is -2.06. The van der Waals surface area contributed by atoms with Gasteiger partial charge in [0.05, 0.1) is 0 Å². The van der Waals surface area contributed by atoms with E-state index in [1.54, 1.807) is 55.5 Å². The molecule has 0 saturated carbocycles. The van der Waals surface area contributed by atoms with Crippen molar-refractivity contribution in [2.75, 3.05) is 5.73 Å². The number of carbonyl (C=O) groups excluding carboxylic acids is 1. The van der Waals surface area contributed by atoms with Crippen molar-refractivity contribution >= 4 is 29.1 Å². The molecule has 0 atom stereocenters. The Hall–Kier alpha value is -3.45. The highest BCUT2D eigenvalue weighted by atomic mass is 35.5. The summed E-state index contributed by atoms with van der Waals surface area (Å²) >= 11 is 5.82. The fraction of sp³-hybridized carbons (Fsp3) is 0.100. The number of hydrogen-bond acceptors (Lipinski definition) is 6. The minimum absolute atomic E-state index is 0.0180. The fourth-order valence-corrected chi connectivity index (χ4v) is 2.49. The minimum atomic E-state index is -0.776. The van der Waals surface area contributed by atoms with Crippen molar-refractivity contribution in [2.45, 2.75) is 13.5 Å². The summed E-state index contributed by atoms with van der Waals surface area (Å²) in [6.45, 7) is 1.94. The lowest BCUT2D eigenvalue weighted by Crippen LogP contribution is -2.17. The molecular weight excluding hydrogens is 382 g/mol. The molecule has 2 aromatic carbocycles. The second-order valence-corrected chi connectivity index (χ2v) is 6.32. The molecule has 0 aliphatic heterocycles. The zero-order valence-corrected chi connectivity index (χ0v) is 15.8. The Morgan fingerprint density at radius 3 is 2.64 bits per heavy atom. The Bertz CT molecular complexity index is 1010. The molecule has 3 rings (SSSR count). The second-order valence-electron chi connectivity index (χ2n) is 5.88. The van der Waals surface area contributed by atoms with E-state index in [1.807, 2.05) is 0 Å². The molecule has 0 aliphatic rings. The number of amidine groups is 1. The third kappa shape index (κ3) is 4.63. The smallest absolute Gasteiger partial charge is 0.400 e. The van der Waals surface area contributed by atoms with Gasteiger partial charge < -0.3 is 25.5 Å². The van der Waals surface area contributed by atoms with E-state index in [2.05, 4.69) is 5.16 Å². The van der Waals surface area contributed by atoms with Gasteiger partial charge in [0.1, 0.15) is 18.1 Å². The molecule has 0 radical (unpaired) electrons. The number of anilines is 1. The molecule has 1 aromatic heterocycles. The van der Waals surface area contributed by atoms with Gasteiger partial charge in [-0.25, -0.2) is 4.79 Å². The van der Waals surface area contributed by atoms with Crippen LogP contribution in [0, 0.1) is 6.92 Å². The predicted molar refractivity (Wildman–Crippen MR) is 106 cm³/mol. The van der Waals surface area contributed by atoms with Gasteiger partial charge in [-0.2, -0.15) is 0 Å². The Labute approximate surface area is 166 Å². The number of nitrogens with two attached hydrogens (primary N) is 2. The standard InChI is InChI=1S/C20H18ClN3O4/c1-12-16(3-2-4-17(12)22)19(23)24-28-20(25)18-10-9-15(27-18)11-26-14-7-5-13(21)6-8-14/h2-10H,11,22H2,1H3,(H2,23,24). The maximum absolute atomic E-state index is 12.1. The van der Waals surface area contributed by atoms with Gasteiger partial charge in [0.25, 0.3) is 0 Å². The number of nitrogens with zero attached hydrogens (tertiary/aromatic N) is 1. The van der Waals surface area contributed by atoms with Crippen LogP contribution in [0.4, 0.5) is 5.69 Å². The molecule has 0 fully saturated rings. The van der Waals surface area contributed by atoms with Crippen molar-refractivity contribution in [2.24, 2.45) is 10.9 Å². The van der Waals surface area contributed by atoms with Crippen LogP contribution >= 0.6 is 11.6 Å². The molecule has 0 bridgehead atoms. The molecule has 0 amide bonds. The van der Waals surface area contributed by atoms with E-state index < -0.39 is 5.97 Å². The molecular formula is C20H18ClN3O4. The topological polar surface area (TPSA) is 113 Å². The molecule has 4 N–H and O–H groups in total. The number of hydrogen-bond donors (Lipinski definition) is 2. The molecule has 3 aromatic rings. The maximum atomic E-state index is 12.1. The lowest BCUT2D eigenvalue weighted by atomic mass is 10.1. The zero-order chi connectivity index (χ0) is 20.1. The molecule has 7 nitrogen and oxygen atoms in total. The van der Waals surface area contributed by atoms with E-state index in [0.717, 1.165) is 5.56 Å². The quantitative estimate of drug-likeness (QED) is 0.214. The van der Waals surface area contributed by atoms with Crippen molar-refractivity contribution in [3.8, 4) is 5.75 Å². The van der Waals surface area contributed by atoms with Crippen LogP contribution in [0.5, 0.6) is 5.75 Å². The van der Waals surface area contributed by atoms with E-state index >= 15 is 0 Å². The van der Waals surface area contributed by atoms with Crippen molar-refractivity contribution in [1.82, 2.24) is 0 Å². The minimum Gasteiger partial charge on any atom is -0.486 e. The third-order valence-electron chi connectivity index (χ3n) is 3.94. The highest BCUT2D eigenvalue weighted by Gasteiger charge is 2.14. The van der Waals surface area contributed by atoms with E-state index in [9.17, 15) is 4.79 Å². The van der Waals surface area contributed by atoms with Gasteiger partial charge >= 0.3 is 5.97 Å². The van der Waals surface area contributed by atoms with Gasteiger partial charge in [0.2, 0.25) is 5.76 Å². The third-order valence-corrected chi connectivity index (χ3v) is 4.19. The highest BCUT2D eigenvalue weighted by Crippen LogP contribution is 2.18. The van der Waals surface area contributed by atoms with Crippen LogP contribution in [0.15, 0.2) is 64.2 Å². The molecule has 0 spiro atoms. The first-order valence-electron chi connectivity index (χ1n) is 8.31. The van der Waals surface area contributed by atoms with Crippen LogP contribution in [0.2, 0.25) is 5.02 Å². The molecule has 144 valence electrons. The lowest BCUT2D eigenvalue weighted by molar-refractivity contribution is 0.0475. The number of carbonyl (C=O) groups is 1. The summed E-state index contributed by atoms with van der Waals surface area (Å²) in [6.07, 6.45) is 0. The Morgan fingerprint density at radius 2 is 1.89 bits per heavy atom. The first kappa shape index (κ1) is 19.3. The van der Waals surface area contributed by atoms with E-state index in [-0.39, 0.29) is 18.2 Å². The summed E-state index contributed by atoms with van der Waals surface area (Å²) < 4.78 is 11.0. The zero-order valence-electron chi connectivity index (χ0n) is 15.0. The van der Waals surface area contributed by atoms with Gasteiger partial charge in [0, 0.05) is 16.3 Å². The van der Waals surface area contributed by atoms with E-state index in [4.69, 9.17) is 37.1 Å². The van der Waals surface area contributed by atoms with Crippen molar-refractivity contribution in [3.05, 3.63) is 82.3 Å². The molecule has 8 heteroatoms. The second kappa shape index (κ2) is 8.49. The van der Waals surface area contributed by atoms with Crippen LogP contribution in [0.1, 0.15) is 27.4 Å². The van der Waals surface area contributed by atoms with Crippen LogP contribution in [0.25, 0.3) is 0 Å². The number of oxime groups is 1. The number of ether oxygens (including phenoxy) is 1. The van der Waals surface area contributed by atoms with Crippen LogP contribution in [-0.4, -0.2) is 11.8 Å². The predicted octanol–water partition coefficient (Wildman–Crippen LogP) is 3.88. The molecule has 28 heavy (non-hydrogen) atoms. The molecule has 0 unspecified atom stereocenters. The highest BCUT2D eigenvalue weighted by molar-refractivity contribution is 6.30. The first-order chi connectivity index (χ1) is 13.4. The number of benzene rings is 2. The molecule has 0 saturated heterocycles.